The van der Waals surface area contributed by atoms with E-state index in [2.05, 4.69) is 31.9 Å². The number of nitrogens with zero attached hydrogens (tertiary/aromatic N) is 1. The van der Waals surface area contributed by atoms with Crippen molar-refractivity contribution in [2.45, 2.75) is 25.2 Å². The number of rotatable bonds is 4. The number of carboxylic acids is 1. The maximum atomic E-state index is 13.4. The predicted molar refractivity (Wildman–Crippen MR) is 129 cm³/mol. The van der Waals surface area contributed by atoms with Crippen LogP contribution in [0.15, 0.2) is 56.0 Å². The van der Waals surface area contributed by atoms with Crippen molar-refractivity contribution in [1.82, 2.24) is 4.90 Å². The average Bonchev–Trinajstić information content (AvgIpc) is 3.06. The van der Waals surface area contributed by atoms with Crippen LogP contribution in [-0.2, 0) is 24.0 Å². The number of carbonyl (C=O) groups is 5. The van der Waals surface area contributed by atoms with E-state index in [0.29, 0.717) is 15.6 Å². The van der Waals surface area contributed by atoms with Gasteiger partial charge in [0, 0.05) is 39.7 Å². The van der Waals surface area contributed by atoms with Crippen molar-refractivity contribution in [2.75, 3.05) is 6.54 Å². The normalized spacial score (nSPS) is 27.9. The molecule has 0 aromatic heterocycles. The van der Waals surface area contributed by atoms with Gasteiger partial charge in [-0.05, 0) is 52.9 Å². The number of phenols is 1. The van der Waals surface area contributed by atoms with E-state index >= 15 is 0 Å². The third-order valence-electron chi connectivity index (χ3n) is 7.27. The van der Waals surface area contributed by atoms with Gasteiger partial charge in [0.2, 0.25) is 11.8 Å². The highest BCUT2D eigenvalue weighted by Crippen LogP contribution is 2.56. The Bertz CT molecular complexity index is 1320. The number of hydrogen-bond acceptors (Lipinski definition) is 6. The number of fused-ring (bicyclic) bond motifs is 3. The predicted octanol–water partition coefficient (Wildman–Crippen LogP) is 3.39. The molecule has 1 aromatic rings. The standard InChI is InChI=1S/C25H19Br2NO7/c26-10-1-4-17(29)14(7-10)20-11-2-3-12-21(25(35)28(24(12)34)6-5-19(31)32)13(11)8-15-22(20)18(30)9-16(27)23(15)33/h1-2,4,7,9,12-13,20-21,29H,3,5-6,8H2,(H,31,32). The fraction of sp³-hybridized carbons (Fsp3) is 0.320. The number of carbonyl (C=O) groups excluding carboxylic acids is 4. The molecule has 1 heterocycles. The highest BCUT2D eigenvalue weighted by Gasteiger charge is 2.56. The number of likely N-dealkylation sites (tertiary alicyclic amines) is 1. The molecule has 4 atom stereocenters. The fourth-order valence-electron chi connectivity index (χ4n) is 5.81. The molecular weight excluding hydrogens is 586 g/mol. The van der Waals surface area contributed by atoms with Crippen molar-refractivity contribution < 1.29 is 34.2 Å². The maximum absolute atomic E-state index is 13.4. The summed E-state index contributed by atoms with van der Waals surface area (Å²) in [6, 6.07) is 4.84. The molecule has 0 radical (unpaired) electrons. The number of carboxylic acid groups (broad SMARTS) is 1. The number of amides is 2. The zero-order valence-electron chi connectivity index (χ0n) is 18.2. The van der Waals surface area contributed by atoms with E-state index in [0.717, 1.165) is 4.90 Å². The van der Waals surface area contributed by atoms with Gasteiger partial charge in [-0.2, -0.15) is 0 Å². The van der Waals surface area contributed by atoms with Gasteiger partial charge in [-0.1, -0.05) is 27.6 Å². The first-order valence-electron chi connectivity index (χ1n) is 11.0. The second kappa shape index (κ2) is 8.67. The molecule has 1 aromatic carbocycles. The van der Waals surface area contributed by atoms with E-state index in [1.54, 1.807) is 12.1 Å². The van der Waals surface area contributed by atoms with Gasteiger partial charge in [0.25, 0.3) is 0 Å². The zero-order valence-corrected chi connectivity index (χ0v) is 21.3. The Kier molecular flexibility index (Phi) is 5.91. The second-order valence-corrected chi connectivity index (χ2v) is 10.8. The van der Waals surface area contributed by atoms with Crippen LogP contribution in [0.4, 0.5) is 0 Å². The van der Waals surface area contributed by atoms with Gasteiger partial charge in [-0.25, -0.2) is 0 Å². The Morgan fingerprint density at radius 3 is 2.54 bits per heavy atom. The first-order valence-corrected chi connectivity index (χ1v) is 12.6. The quantitative estimate of drug-likeness (QED) is 0.306. The highest BCUT2D eigenvalue weighted by molar-refractivity contribution is 9.12. The van der Waals surface area contributed by atoms with Crippen LogP contribution in [0.3, 0.4) is 0 Å². The molecule has 8 nitrogen and oxygen atoms in total. The minimum absolute atomic E-state index is 0.0560. The van der Waals surface area contributed by atoms with Crippen molar-refractivity contribution in [3.63, 3.8) is 0 Å². The summed E-state index contributed by atoms with van der Waals surface area (Å²) < 4.78 is 0.789. The SMILES string of the molecule is O=C(O)CCN1C(=O)C2CC=C3C(c4cc(Br)ccc4O)C4=C(CC3C2C1=O)C(=O)C(Br)=CC4=O. The molecule has 0 bridgehead atoms. The molecule has 4 aliphatic rings. The Hall–Kier alpha value is -2.85. The summed E-state index contributed by atoms with van der Waals surface area (Å²) in [4.78, 5) is 64.8. The van der Waals surface area contributed by atoms with Crippen LogP contribution in [0, 0.1) is 17.8 Å². The molecule has 4 unspecified atom stereocenters. The van der Waals surface area contributed by atoms with Crippen LogP contribution >= 0.6 is 31.9 Å². The topological polar surface area (TPSA) is 129 Å². The molecule has 2 N–H and O–H groups in total. The molecule has 3 aliphatic carbocycles. The van der Waals surface area contributed by atoms with Gasteiger partial charge in [0.05, 0.1) is 22.7 Å². The molecule has 1 fully saturated rings. The number of allylic oxidation sites excluding steroid dienone is 6. The highest BCUT2D eigenvalue weighted by atomic mass is 79.9. The summed E-state index contributed by atoms with van der Waals surface area (Å²) >= 11 is 6.57. The van der Waals surface area contributed by atoms with Crippen LogP contribution in [-0.4, -0.2) is 51.0 Å². The van der Waals surface area contributed by atoms with Crippen LogP contribution in [0.25, 0.3) is 0 Å². The van der Waals surface area contributed by atoms with Gasteiger partial charge in [0.1, 0.15) is 5.75 Å². The number of halogens is 2. The number of aliphatic carboxylic acids is 1. The maximum Gasteiger partial charge on any atom is 0.305 e. The number of hydrogen-bond donors (Lipinski definition) is 2. The van der Waals surface area contributed by atoms with Crippen molar-refractivity contribution in [2.24, 2.45) is 17.8 Å². The van der Waals surface area contributed by atoms with Crippen LogP contribution in [0.5, 0.6) is 5.75 Å². The molecule has 180 valence electrons. The third-order valence-corrected chi connectivity index (χ3v) is 8.35. The lowest BCUT2D eigenvalue weighted by atomic mass is 9.59. The van der Waals surface area contributed by atoms with Gasteiger partial charge in [-0.15, -0.1) is 0 Å². The van der Waals surface area contributed by atoms with E-state index in [1.165, 1.54) is 12.1 Å². The molecule has 5 rings (SSSR count). The van der Waals surface area contributed by atoms with Crippen molar-refractivity contribution >= 4 is 61.2 Å². The van der Waals surface area contributed by atoms with Crippen molar-refractivity contribution in [3.8, 4) is 5.75 Å². The number of aromatic hydroxyl groups is 1. The Balaban J connectivity index is 1.65. The minimum atomic E-state index is -1.11. The largest absolute Gasteiger partial charge is 0.508 e. The molecule has 10 heteroatoms. The molecule has 1 aliphatic heterocycles. The Morgan fingerprint density at radius 1 is 1.09 bits per heavy atom. The minimum Gasteiger partial charge on any atom is -0.508 e. The number of Topliss-reactive ketones (excluding diaryl/α,β-unsaturated/α-hetero) is 1. The lowest BCUT2D eigenvalue weighted by Gasteiger charge is -2.42. The monoisotopic (exact) mass is 603 g/mol. The van der Waals surface area contributed by atoms with Crippen LogP contribution in [0.2, 0.25) is 0 Å². The molecule has 0 saturated carbocycles. The van der Waals surface area contributed by atoms with Gasteiger partial charge >= 0.3 is 5.97 Å². The first-order chi connectivity index (χ1) is 16.6. The summed E-state index contributed by atoms with van der Waals surface area (Å²) in [7, 11) is 0. The van der Waals surface area contributed by atoms with E-state index in [4.69, 9.17) is 5.11 Å². The molecule has 2 amide bonds. The Labute approximate surface area is 216 Å². The number of imide groups is 1. The Morgan fingerprint density at radius 2 is 1.83 bits per heavy atom. The van der Waals surface area contributed by atoms with E-state index in [-0.39, 0.29) is 58.8 Å². The third kappa shape index (κ3) is 3.74. The van der Waals surface area contributed by atoms with Crippen LogP contribution < -0.4 is 0 Å². The lowest BCUT2D eigenvalue weighted by Crippen LogP contribution is -2.39. The fourth-order valence-corrected chi connectivity index (χ4v) is 6.64. The lowest BCUT2D eigenvalue weighted by molar-refractivity contribution is -0.142. The zero-order chi connectivity index (χ0) is 25.2. The van der Waals surface area contributed by atoms with E-state index < -0.39 is 41.5 Å². The molecule has 35 heavy (non-hydrogen) atoms. The summed E-state index contributed by atoms with van der Waals surface area (Å²) in [5.74, 6) is -5.48. The van der Waals surface area contributed by atoms with Crippen LogP contribution in [0.1, 0.15) is 30.7 Å². The molecular formula is C25H19Br2NO7. The number of phenolic OH excluding ortho intramolecular Hbond substituents is 1. The number of ketones is 2. The molecule has 0 spiro atoms. The second-order valence-electron chi connectivity index (χ2n) is 9.07. The van der Waals surface area contributed by atoms with E-state index in [1.807, 2.05) is 6.08 Å². The number of benzene rings is 1. The summed E-state index contributed by atoms with van der Waals surface area (Å²) in [5, 5.41) is 19.8. The average molecular weight is 605 g/mol. The summed E-state index contributed by atoms with van der Waals surface area (Å²) in [5.41, 5.74) is 1.67. The van der Waals surface area contributed by atoms with Crippen molar-refractivity contribution in [1.29, 1.82) is 0 Å². The van der Waals surface area contributed by atoms with Gasteiger partial charge < -0.3 is 10.2 Å². The van der Waals surface area contributed by atoms with E-state index in [9.17, 15) is 29.1 Å². The summed E-state index contributed by atoms with van der Waals surface area (Å²) in [6.45, 7) is -0.211. The smallest absolute Gasteiger partial charge is 0.305 e. The summed E-state index contributed by atoms with van der Waals surface area (Å²) in [6.07, 6.45) is 3.08. The van der Waals surface area contributed by atoms with Gasteiger partial charge in [0.15, 0.2) is 11.6 Å². The molecule has 1 saturated heterocycles. The first kappa shape index (κ1) is 23.9. The van der Waals surface area contributed by atoms with Gasteiger partial charge in [-0.3, -0.25) is 28.9 Å². The van der Waals surface area contributed by atoms with Crippen molar-refractivity contribution in [3.05, 3.63) is 61.6 Å².